The lowest BCUT2D eigenvalue weighted by Crippen LogP contribution is -2.47. The van der Waals surface area contributed by atoms with E-state index in [2.05, 4.69) is 48.5 Å². The molecular weight excluding hydrogens is 420 g/mol. The Morgan fingerprint density at radius 2 is 1.42 bits per heavy atom. The number of hydrogen-bond acceptors (Lipinski definition) is 4. The maximum atomic E-state index is 13.5. The van der Waals surface area contributed by atoms with Crippen LogP contribution in [0.25, 0.3) is 0 Å². The van der Waals surface area contributed by atoms with Gasteiger partial charge in [0.1, 0.15) is 5.60 Å². The number of ketones is 1. The summed E-state index contributed by atoms with van der Waals surface area (Å²) in [5.41, 5.74) is 2.39. The summed E-state index contributed by atoms with van der Waals surface area (Å²) in [6.07, 6.45) is 2.43. The average Bonchev–Trinajstić information content (AvgIpc) is 3.15. The molecule has 2 heterocycles. The Hall–Kier alpha value is -2.01. The highest BCUT2D eigenvalue weighted by Gasteiger charge is 2.62. The van der Waals surface area contributed by atoms with Crippen molar-refractivity contribution in [1.82, 2.24) is 0 Å². The molecule has 2 aliphatic heterocycles. The zero-order chi connectivity index (χ0) is 21.2. The fourth-order valence-corrected chi connectivity index (χ4v) is 8.52. The molecule has 1 spiro atoms. The van der Waals surface area contributed by atoms with E-state index in [0.29, 0.717) is 6.42 Å². The third kappa shape index (κ3) is 3.86. The van der Waals surface area contributed by atoms with Crippen LogP contribution in [0.3, 0.4) is 0 Å². The Bertz CT molecular complexity index is 1020. The summed E-state index contributed by atoms with van der Waals surface area (Å²) in [4.78, 5) is 13.5. The van der Waals surface area contributed by atoms with E-state index < -0.39 is 5.60 Å². The number of ether oxygens (including phenoxy) is 1. The molecule has 158 valence electrons. The molecule has 3 aromatic carbocycles. The van der Waals surface area contributed by atoms with Crippen molar-refractivity contribution in [2.24, 2.45) is 0 Å². The molecule has 0 radical (unpaired) electrons. The van der Waals surface area contributed by atoms with Crippen LogP contribution in [0, 0.1) is 0 Å². The Kier molecular flexibility index (Phi) is 5.96. The van der Waals surface area contributed by atoms with E-state index in [1.807, 2.05) is 66.0 Å². The molecule has 0 N–H and O–H groups in total. The van der Waals surface area contributed by atoms with Crippen LogP contribution in [-0.4, -0.2) is 21.4 Å². The van der Waals surface area contributed by atoms with E-state index in [-0.39, 0.29) is 16.0 Å². The van der Waals surface area contributed by atoms with Crippen molar-refractivity contribution < 1.29 is 9.53 Å². The van der Waals surface area contributed by atoms with Crippen LogP contribution in [0.2, 0.25) is 0 Å². The summed E-state index contributed by atoms with van der Waals surface area (Å²) >= 11 is 3.99. The number of rotatable bonds is 5. The number of carbonyl (C=O) groups is 1. The third-order valence-corrected chi connectivity index (χ3v) is 9.91. The first kappa shape index (κ1) is 20.9. The third-order valence-electron chi connectivity index (χ3n) is 6.29. The molecular formula is C27H26O2S2. The molecule has 2 fully saturated rings. The van der Waals surface area contributed by atoms with Crippen LogP contribution in [0.5, 0.6) is 0 Å². The predicted octanol–water partition coefficient (Wildman–Crippen LogP) is 6.88. The SMILES string of the molecule is O=C(C[C@]1(c2ccccc2)O[C@H](c2ccccc2)CC12SCCCS2)c1ccccc1. The zero-order valence-corrected chi connectivity index (χ0v) is 19.0. The molecule has 2 atom stereocenters. The minimum Gasteiger partial charge on any atom is -0.359 e. The molecule has 0 bridgehead atoms. The van der Waals surface area contributed by atoms with Crippen molar-refractivity contribution in [3.8, 4) is 0 Å². The van der Waals surface area contributed by atoms with E-state index in [4.69, 9.17) is 4.74 Å². The minimum atomic E-state index is -0.669. The molecule has 4 heteroatoms. The first-order chi connectivity index (χ1) is 15.2. The molecule has 2 saturated heterocycles. The van der Waals surface area contributed by atoms with Gasteiger partial charge in [-0.3, -0.25) is 4.79 Å². The highest BCUT2D eigenvalue weighted by Crippen LogP contribution is 2.66. The topological polar surface area (TPSA) is 26.3 Å². The number of carbonyl (C=O) groups excluding carboxylic acids is 1. The molecule has 2 aliphatic rings. The average molecular weight is 447 g/mol. The van der Waals surface area contributed by atoms with Crippen molar-refractivity contribution in [1.29, 1.82) is 0 Å². The Labute approximate surface area is 192 Å². The molecule has 0 saturated carbocycles. The van der Waals surface area contributed by atoms with E-state index in [1.54, 1.807) is 0 Å². The van der Waals surface area contributed by atoms with E-state index in [1.165, 1.54) is 12.0 Å². The Morgan fingerprint density at radius 1 is 0.839 bits per heavy atom. The highest BCUT2D eigenvalue weighted by atomic mass is 32.2. The molecule has 3 aromatic rings. The standard InChI is InChI=1S/C27H26O2S2/c28-24(21-11-4-1-5-12-21)19-26(23-15-8-3-9-16-23)27(30-17-10-18-31-27)20-25(29-26)22-13-6-2-7-14-22/h1-9,11-16,25H,10,17-20H2/t25-,26+/m0/s1. The van der Waals surface area contributed by atoms with Gasteiger partial charge in [0.15, 0.2) is 5.78 Å². The summed E-state index contributed by atoms with van der Waals surface area (Å²) in [6.45, 7) is 0. The molecule has 2 nitrogen and oxygen atoms in total. The van der Waals surface area contributed by atoms with E-state index in [9.17, 15) is 4.79 Å². The van der Waals surface area contributed by atoms with E-state index >= 15 is 0 Å². The maximum absolute atomic E-state index is 13.5. The minimum absolute atomic E-state index is 0.0249. The van der Waals surface area contributed by atoms with Crippen molar-refractivity contribution in [2.45, 2.75) is 35.0 Å². The maximum Gasteiger partial charge on any atom is 0.166 e. The molecule has 0 aliphatic carbocycles. The van der Waals surface area contributed by atoms with Crippen LogP contribution in [0.4, 0.5) is 0 Å². The lowest BCUT2D eigenvalue weighted by atomic mass is 9.83. The second-order valence-corrected chi connectivity index (χ2v) is 11.2. The fourth-order valence-electron chi connectivity index (χ4n) is 4.79. The Balaban J connectivity index is 1.62. The number of thioether (sulfide) groups is 2. The number of hydrogen-bond donors (Lipinski definition) is 0. The van der Waals surface area contributed by atoms with Gasteiger partial charge < -0.3 is 4.74 Å². The smallest absolute Gasteiger partial charge is 0.166 e. The zero-order valence-electron chi connectivity index (χ0n) is 17.4. The summed E-state index contributed by atoms with van der Waals surface area (Å²) in [7, 11) is 0. The van der Waals surface area contributed by atoms with Crippen molar-refractivity contribution >= 4 is 29.3 Å². The van der Waals surface area contributed by atoms with Gasteiger partial charge in [-0.15, -0.1) is 23.5 Å². The van der Waals surface area contributed by atoms with Crippen molar-refractivity contribution in [3.63, 3.8) is 0 Å². The van der Waals surface area contributed by atoms with Gasteiger partial charge in [-0.25, -0.2) is 0 Å². The first-order valence-corrected chi connectivity index (χ1v) is 12.8. The molecule has 5 rings (SSSR count). The van der Waals surface area contributed by atoms with Crippen LogP contribution < -0.4 is 0 Å². The van der Waals surface area contributed by atoms with Crippen LogP contribution >= 0.6 is 23.5 Å². The second-order valence-electron chi connectivity index (χ2n) is 8.18. The van der Waals surface area contributed by atoms with Gasteiger partial charge in [0, 0.05) is 18.4 Å². The molecule has 0 aromatic heterocycles. The van der Waals surface area contributed by atoms with Gasteiger partial charge in [0.05, 0.1) is 10.2 Å². The van der Waals surface area contributed by atoms with Crippen LogP contribution in [-0.2, 0) is 10.3 Å². The summed E-state index contributed by atoms with van der Waals surface area (Å²) in [5.74, 6) is 2.35. The van der Waals surface area contributed by atoms with Gasteiger partial charge in [-0.05, 0) is 29.1 Å². The molecule has 0 unspecified atom stereocenters. The molecule has 0 amide bonds. The predicted molar refractivity (Wildman–Crippen MR) is 131 cm³/mol. The summed E-state index contributed by atoms with van der Waals surface area (Å²) < 4.78 is 6.86. The number of Topliss-reactive ketones (excluding diaryl/α,β-unsaturated/α-hetero) is 1. The van der Waals surface area contributed by atoms with Crippen molar-refractivity contribution in [2.75, 3.05) is 11.5 Å². The van der Waals surface area contributed by atoms with Gasteiger partial charge in [-0.1, -0.05) is 91.0 Å². The highest BCUT2D eigenvalue weighted by molar-refractivity contribution is 8.18. The monoisotopic (exact) mass is 446 g/mol. The lowest BCUT2D eigenvalue weighted by molar-refractivity contribution is -0.0488. The second kappa shape index (κ2) is 8.85. The van der Waals surface area contributed by atoms with Crippen LogP contribution in [0.1, 0.15) is 46.9 Å². The molecule has 31 heavy (non-hydrogen) atoms. The van der Waals surface area contributed by atoms with Gasteiger partial charge in [0.25, 0.3) is 0 Å². The van der Waals surface area contributed by atoms with E-state index in [0.717, 1.165) is 29.1 Å². The Morgan fingerprint density at radius 3 is 2.06 bits per heavy atom. The van der Waals surface area contributed by atoms with Crippen molar-refractivity contribution in [3.05, 3.63) is 108 Å². The summed E-state index contributed by atoms with van der Waals surface area (Å²) in [6, 6.07) is 30.6. The van der Waals surface area contributed by atoms with Gasteiger partial charge in [0.2, 0.25) is 0 Å². The first-order valence-electron chi connectivity index (χ1n) is 10.9. The largest absolute Gasteiger partial charge is 0.359 e. The van der Waals surface area contributed by atoms with Gasteiger partial charge >= 0.3 is 0 Å². The van der Waals surface area contributed by atoms with Crippen LogP contribution in [0.15, 0.2) is 91.0 Å². The quantitative estimate of drug-likeness (QED) is 0.399. The summed E-state index contributed by atoms with van der Waals surface area (Å²) in [5, 5.41) is 0. The fraction of sp³-hybridized carbons (Fsp3) is 0.296. The normalized spacial score (nSPS) is 24.8. The van der Waals surface area contributed by atoms with Gasteiger partial charge in [-0.2, -0.15) is 0 Å². The lowest BCUT2D eigenvalue weighted by Gasteiger charge is -2.45. The number of benzene rings is 3.